The SMILES string of the molecule is CC(C)Oc1ccc(NC(N)=NCCS(=O)(=O)c2ccc(C(C)(C)C)cc2)cc1.I. The fourth-order valence-corrected chi connectivity index (χ4v) is 3.76. The van der Waals surface area contributed by atoms with Gasteiger partial charge in [0.15, 0.2) is 15.8 Å². The van der Waals surface area contributed by atoms with Gasteiger partial charge in [-0.3, -0.25) is 4.99 Å². The first-order chi connectivity index (χ1) is 13.5. The zero-order valence-electron chi connectivity index (χ0n) is 18.2. The van der Waals surface area contributed by atoms with Crippen LogP contribution in [0.3, 0.4) is 0 Å². The van der Waals surface area contributed by atoms with Crippen molar-refractivity contribution in [3.63, 3.8) is 0 Å². The Bertz CT molecular complexity index is 933. The summed E-state index contributed by atoms with van der Waals surface area (Å²) in [6.07, 6.45) is 0.104. The summed E-state index contributed by atoms with van der Waals surface area (Å²) in [5.41, 5.74) is 7.69. The maximum Gasteiger partial charge on any atom is 0.193 e. The highest BCUT2D eigenvalue weighted by atomic mass is 127. The topological polar surface area (TPSA) is 93.8 Å². The lowest BCUT2D eigenvalue weighted by molar-refractivity contribution is 0.242. The van der Waals surface area contributed by atoms with E-state index in [-0.39, 0.29) is 53.8 Å². The molecule has 0 saturated carbocycles. The Balaban J connectivity index is 0.00000450. The molecule has 8 heteroatoms. The van der Waals surface area contributed by atoms with Crippen molar-refractivity contribution in [2.24, 2.45) is 10.7 Å². The quantitative estimate of drug-likeness (QED) is 0.302. The predicted octanol–water partition coefficient (Wildman–Crippen LogP) is 4.59. The highest BCUT2D eigenvalue weighted by molar-refractivity contribution is 14.0. The van der Waals surface area contributed by atoms with Crippen LogP contribution in [-0.2, 0) is 15.3 Å². The van der Waals surface area contributed by atoms with Crippen LogP contribution in [0.15, 0.2) is 58.4 Å². The minimum absolute atomic E-state index is 0. The number of benzene rings is 2. The summed E-state index contributed by atoms with van der Waals surface area (Å²) < 4.78 is 30.6. The molecule has 0 radical (unpaired) electrons. The van der Waals surface area contributed by atoms with Crippen LogP contribution in [-0.4, -0.2) is 32.8 Å². The molecule has 0 aliphatic rings. The van der Waals surface area contributed by atoms with E-state index in [0.717, 1.165) is 17.0 Å². The normalized spacial score (nSPS) is 12.4. The number of hydrogen-bond donors (Lipinski definition) is 2. The molecule has 30 heavy (non-hydrogen) atoms. The maximum atomic E-state index is 12.5. The monoisotopic (exact) mass is 545 g/mol. The summed E-state index contributed by atoms with van der Waals surface area (Å²) >= 11 is 0. The predicted molar refractivity (Wildman–Crippen MR) is 135 cm³/mol. The Morgan fingerprint density at radius 2 is 1.63 bits per heavy atom. The van der Waals surface area contributed by atoms with Crippen molar-refractivity contribution in [3.05, 3.63) is 54.1 Å². The van der Waals surface area contributed by atoms with Crippen LogP contribution in [0, 0.1) is 0 Å². The number of ether oxygens (including phenoxy) is 1. The second-order valence-electron chi connectivity index (χ2n) is 8.18. The molecule has 6 nitrogen and oxygen atoms in total. The molecule has 0 atom stereocenters. The number of sulfone groups is 1. The van der Waals surface area contributed by atoms with E-state index in [1.54, 1.807) is 12.1 Å². The van der Waals surface area contributed by atoms with E-state index >= 15 is 0 Å². The van der Waals surface area contributed by atoms with Crippen LogP contribution in [0.25, 0.3) is 0 Å². The lowest BCUT2D eigenvalue weighted by atomic mass is 9.87. The van der Waals surface area contributed by atoms with Crippen molar-refractivity contribution in [1.29, 1.82) is 0 Å². The molecule has 0 fully saturated rings. The summed E-state index contributed by atoms with van der Waals surface area (Å²) in [7, 11) is -3.42. The number of guanidine groups is 1. The molecule has 0 bridgehead atoms. The first kappa shape index (κ1) is 26.2. The molecule has 2 rings (SSSR count). The fraction of sp³-hybridized carbons (Fsp3) is 0.409. The Hall–Kier alpha value is -1.81. The summed E-state index contributed by atoms with van der Waals surface area (Å²) in [4.78, 5) is 4.43. The molecular weight excluding hydrogens is 513 g/mol. The maximum absolute atomic E-state index is 12.5. The van der Waals surface area contributed by atoms with Crippen molar-refractivity contribution in [2.75, 3.05) is 17.6 Å². The van der Waals surface area contributed by atoms with E-state index in [1.165, 1.54) is 0 Å². The van der Waals surface area contributed by atoms with E-state index in [0.29, 0.717) is 4.90 Å². The van der Waals surface area contributed by atoms with E-state index in [4.69, 9.17) is 10.5 Å². The second-order valence-corrected chi connectivity index (χ2v) is 10.3. The third-order valence-corrected chi connectivity index (χ3v) is 5.93. The minimum atomic E-state index is -3.42. The lowest BCUT2D eigenvalue weighted by Crippen LogP contribution is -2.24. The molecule has 2 aromatic rings. The van der Waals surface area contributed by atoms with Gasteiger partial charge in [-0.1, -0.05) is 32.9 Å². The molecule has 0 spiro atoms. The number of rotatable bonds is 7. The summed E-state index contributed by atoms with van der Waals surface area (Å²) in [5.74, 6) is 0.830. The third kappa shape index (κ3) is 8.14. The summed E-state index contributed by atoms with van der Waals surface area (Å²) in [6, 6.07) is 14.4. The average Bonchev–Trinajstić information content (AvgIpc) is 2.62. The van der Waals surface area contributed by atoms with Crippen molar-refractivity contribution < 1.29 is 13.2 Å². The van der Waals surface area contributed by atoms with Crippen molar-refractivity contribution >= 4 is 45.5 Å². The Labute approximate surface area is 197 Å². The van der Waals surface area contributed by atoms with Crippen LogP contribution < -0.4 is 15.8 Å². The third-order valence-electron chi connectivity index (χ3n) is 4.22. The number of nitrogens with zero attached hydrogens (tertiary/aromatic N) is 1. The van der Waals surface area contributed by atoms with E-state index in [2.05, 4.69) is 31.1 Å². The Morgan fingerprint density at radius 1 is 1.07 bits per heavy atom. The first-order valence-corrected chi connectivity index (χ1v) is 11.3. The van der Waals surface area contributed by atoms with Crippen molar-refractivity contribution in [1.82, 2.24) is 0 Å². The van der Waals surface area contributed by atoms with Gasteiger partial charge in [-0.25, -0.2) is 8.42 Å². The van der Waals surface area contributed by atoms with Crippen molar-refractivity contribution in [2.45, 2.75) is 51.0 Å². The van der Waals surface area contributed by atoms with Crippen LogP contribution in [0.4, 0.5) is 5.69 Å². The molecule has 0 saturated heterocycles. The number of nitrogens with two attached hydrogens (primary N) is 1. The van der Waals surface area contributed by atoms with E-state index in [1.807, 2.05) is 50.2 Å². The molecule has 2 aromatic carbocycles. The van der Waals surface area contributed by atoms with Gasteiger partial charge in [0.25, 0.3) is 0 Å². The van der Waals surface area contributed by atoms with E-state index in [9.17, 15) is 8.42 Å². The highest BCUT2D eigenvalue weighted by Crippen LogP contribution is 2.23. The zero-order chi connectivity index (χ0) is 21.7. The molecule has 166 valence electrons. The van der Waals surface area contributed by atoms with Crippen LogP contribution in [0.2, 0.25) is 0 Å². The summed E-state index contributed by atoms with van der Waals surface area (Å²) in [6.45, 7) is 10.3. The molecule has 0 unspecified atom stereocenters. The number of aliphatic imine (C=N–C) groups is 1. The van der Waals surface area contributed by atoms with Gasteiger partial charge >= 0.3 is 0 Å². The molecule has 0 amide bonds. The van der Waals surface area contributed by atoms with Gasteiger partial charge < -0.3 is 15.8 Å². The standard InChI is InChI=1S/C22H31N3O3S.HI/c1-16(2)28-19-10-8-18(9-11-19)25-21(23)24-14-15-29(26,27)20-12-6-17(7-13-20)22(3,4)5;/h6-13,16H,14-15H2,1-5H3,(H3,23,24,25);1H. The number of anilines is 1. The molecular formula is C22H32IN3O3S. The second kappa shape index (κ2) is 11.0. The largest absolute Gasteiger partial charge is 0.491 e. The van der Waals surface area contributed by atoms with Gasteiger partial charge in [-0.2, -0.15) is 0 Å². The number of halogens is 1. The van der Waals surface area contributed by atoms with E-state index < -0.39 is 9.84 Å². The molecule has 0 aromatic heterocycles. The average molecular weight is 545 g/mol. The van der Waals surface area contributed by atoms with Gasteiger partial charge in [0, 0.05) is 5.69 Å². The van der Waals surface area contributed by atoms with Gasteiger partial charge in [0.2, 0.25) is 0 Å². The van der Waals surface area contributed by atoms with Gasteiger partial charge in [-0.15, -0.1) is 24.0 Å². The lowest BCUT2D eigenvalue weighted by Gasteiger charge is -2.19. The van der Waals surface area contributed by atoms with Gasteiger partial charge in [-0.05, 0) is 61.2 Å². The number of hydrogen-bond acceptors (Lipinski definition) is 4. The molecule has 0 aliphatic heterocycles. The first-order valence-electron chi connectivity index (χ1n) is 9.64. The van der Waals surface area contributed by atoms with Gasteiger partial charge in [0.05, 0.1) is 23.3 Å². The molecule has 0 heterocycles. The van der Waals surface area contributed by atoms with Crippen LogP contribution in [0.5, 0.6) is 5.75 Å². The Kier molecular flexibility index (Phi) is 9.61. The minimum Gasteiger partial charge on any atom is -0.491 e. The zero-order valence-corrected chi connectivity index (χ0v) is 21.3. The highest BCUT2D eigenvalue weighted by Gasteiger charge is 2.17. The Morgan fingerprint density at radius 3 is 2.13 bits per heavy atom. The molecule has 0 aliphatic carbocycles. The number of nitrogens with one attached hydrogen (secondary N) is 1. The van der Waals surface area contributed by atoms with Crippen LogP contribution >= 0.6 is 24.0 Å². The van der Waals surface area contributed by atoms with Crippen molar-refractivity contribution in [3.8, 4) is 5.75 Å². The smallest absolute Gasteiger partial charge is 0.193 e. The fourth-order valence-electron chi connectivity index (χ4n) is 2.64. The van der Waals surface area contributed by atoms with Gasteiger partial charge in [0.1, 0.15) is 5.75 Å². The van der Waals surface area contributed by atoms with Crippen LogP contribution in [0.1, 0.15) is 40.2 Å². The summed E-state index contributed by atoms with van der Waals surface area (Å²) in [5, 5.41) is 2.95. The molecule has 3 N–H and O–H groups in total.